The van der Waals surface area contributed by atoms with Gasteiger partial charge in [0.1, 0.15) is 18.3 Å². The van der Waals surface area contributed by atoms with Crippen LogP contribution in [-0.2, 0) is 50.0 Å². The maximum Gasteiger partial charge on any atom is 0.187 e. The second kappa shape index (κ2) is 14.4. The van der Waals surface area contributed by atoms with Gasteiger partial charge < -0.3 is 23.7 Å². The van der Waals surface area contributed by atoms with E-state index >= 15 is 0 Å². The highest BCUT2D eigenvalue weighted by atomic mass is 16.7. The summed E-state index contributed by atoms with van der Waals surface area (Å²) in [4.78, 5) is 2.44. The zero-order chi connectivity index (χ0) is 29.3. The summed E-state index contributed by atoms with van der Waals surface area (Å²) in [7, 11) is 1.75. The Morgan fingerprint density at radius 3 is 1.60 bits per heavy atom. The van der Waals surface area contributed by atoms with E-state index in [1.807, 2.05) is 54.6 Å². The Balaban J connectivity index is 1.35. The summed E-state index contributed by atoms with van der Waals surface area (Å²) in [5, 5.41) is 0. The molecule has 0 N–H and O–H groups in total. The normalized spacial score (nSPS) is 25.7. The minimum absolute atomic E-state index is 0.215. The van der Waals surface area contributed by atoms with E-state index in [0.717, 1.165) is 36.2 Å². The molecule has 2 aliphatic rings. The summed E-state index contributed by atoms with van der Waals surface area (Å²) in [6, 6.07) is 41.1. The van der Waals surface area contributed by atoms with E-state index in [1.165, 1.54) is 5.56 Å². The van der Waals surface area contributed by atoms with Gasteiger partial charge >= 0.3 is 0 Å². The molecule has 0 unspecified atom stereocenters. The van der Waals surface area contributed by atoms with Gasteiger partial charge in [-0.2, -0.15) is 0 Å². The molecule has 6 nitrogen and oxygen atoms in total. The average molecular weight is 580 g/mol. The fourth-order valence-electron chi connectivity index (χ4n) is 6.31. The number of benzene rings is 4. The van der Waals surface area contributed by atoms with Crippen LogP contribution >= 0.6 is 0 Å². The highest BCUT2D eigenvalue weighted by molar-refractivity contribution is 5.18. The first-order valence-corrected chi connectivity index (χ1v) is 15.2. The van der Waals surface area contributed by atoms with Crippen LogP contribution in [-0.4, -0.2) is 55.3 Å². The van der Waals surface area contributed by atoms with Crippen LogP contribution in [0.4, 0.5) is 0 Å². The molecule has 43 heavy (non-hydrogen) atoms. The second-order valence-corrected chi connectivity index (χ2v) is 11.3. The lowest BCUT2D eigenvalue weighted by molar-refractivity contribution is -0.248. The summed E-state index contributed by atoms with van der Waals surface area (Å²) < 4.78 is 33.5. The van der Waals surface area contributed by atoms with Gasteiger partial charge in [0.05, 0.1) is 32.5 Å². The Kier molecular flexibility index (Phi) is 9.95. The third-order valence-electron chi connectivity index (χ3n) is 8.54. The Morgan fingerprint density at radius 2 is 1.09 bits per heavy atom. The van der Waals surface area contributed by atoms with Crippen LogP contribution in [0.3, 0.4) is 0 Å². The zero-order valence-corrected chi connectivity index (χ0v) is 24.8. The molecule has 2 saturated heterocycles. The molecule has 2 heterocycles. The molecule has 2 aliphatic heterocycles. The van der Waals surface area contributed by atoms with Crippen molar-refractivity contribution in [3.63, 3.8) is 0 Å². The number of fused-ring (bicyclic) bond motifs is 1. The lowest BCUT2D eigenvalue weighted by Gasteiger charge is -2.41. The van der Waals surface area contributed by atoms with Gasteiger partial charge in [-0.15, -0.1) is 0 Å². The van der Waals surface area contributed by atoms with Crippen molar-refractivity contribution in [2.75, 3.05) is 20.3 Å². The molecule has 4 aromatic carbocycles. The van der Waals surface area contributed by atoms with Gasteiger partial charge in [-0.05, 0) is 22.3 Å². The molecule has 2 fully saturated rings. The van der Waals surface area contributed by atoms with E-state index < -0.39 is 18.0 Å². The number of ether oxygens (including phenoxy) is 5. The number of hydrogen-bond donors (Lipinski definition) is 0. The van der Waals surface area contributed by atoms with E-state index in [1.54, 1.807) is 7.11 Å². The van der Waals surface area contributed by atoms with E-state index in [2.05, 4.69) is 71.6 Å². The predicted molar refractivity (Wildman–Crippen MR) is 166 cm³/mol. The first kappa shape index (κ1) is 29.7. The minimum atomic E-state index is -0.852. The Bertz CT molecular complexity index is 1370. The van der Waals surface area contributed by atoms with E-state index in [4.69, 9.17) is 23.7 Å². The lowest BCUT2D eigenvalue weighted by atomic mass is 9.95. The van der Waals surface area contributed by atoms with Crippen molar-refractivity contribution >= 4 is 0 Å². The van der Waals surface area contributed by atoms with Gasteiger partial charge in [-0.25, -0.2) is 0 Å². The first-order chi connectivity index (χ1) is 21.2. The molecule has 6 heteroatoms. The van der Waals surface area contributed by atoms with Crippen molar-refractivity contribution in [3.05, 3.63) is 144 Å². The van der Waals surface area contributed by atoms with Gasteiger partial charge in [0.25, 0.3) is 0 Å². The topological polar surface area (TPSA) is 49.4 Å². The summed E-state index contributed by atoms with van der Waals surface area (Å²) in [6.07, 6.45) is -0.450. The molecule has 6 rings (SSSR count). The van der Waals surface area contributed by atoms with Crippen LogP contribution in [0.1, 0.15) is 28.7 Å². The van der Waals surface area contributed by atoms with Crippen molar-refractivity contribution < 1.29 is 23.7 Å². The maximum atomic E-state index is 6.93. The molecule has 0 radical (unpaired) electrons. The molecule has 224 valence electrons. The first-order valence-electron chi connectivity index (χ1n) is 15.2. The molecule has 0 aromatic heterocycles. The van der Waals surface area contributed by atoms with E-state index in [0.29, 0.717) is 26.4 Å². The zero-order valence-electron chi connectivity index (χ0n) is 24.8. The van der Waals surface area contributed by atoms with Crippen LogP contribution in [0.5, 0.6) is 0 Å². The standard InChI is InChI=1S/C37H41NO5/c1-39-37-22-23-38(24-29-14-6-2-7-15-29)36(37)35(42-27-32-20-12-5-13-21-32)34(41-26-31-18-10-4-11-19-31)33(28-43-37)40-25-30-16-8-3-9-17-30/h2-21,33-36H,22-28H2,1H3/t33-,34+,35-,36+,37+/m1/s1. The molecule has 4 aromatic rings. The van der Waals surface area contributed by atoms with Crippen LogP contribution in [0.25, 0.3) is 0 Å². The molecule has 0 spiro atoms. The van der Waals surface area contributed by atoms with Gasteiger partial charge in [-0.3, -0.25) is 4.90 Å². The number of nitrogens with zero attached hydrogens (tertiary/aromatic N) is 1. The monoisotopic (exact) mass is 579 g/mol. The van der Waals surface area contributed by atoms with Crippen molar-refractivity contribution in [1.29, 1.82) is 0 Å². The molecule has 0 saturated carbocycles. The van der Waals surface area contributed by atoms with Gasteiger partial charge in [-0.1, -0.05) is 121 Å². The molecule has 5 atom stereocenters. The highest BCUT2D eigenvalue weighted by Crippen LogP contribution is 2.42. The average Bonchev–Trinajstić information content (AvgIpc) is 3.36. The predicted octanol–water partition coefficient (Wildman–Crippen LogP) is 6.39. The fourth-order valence-corrected chi connectivity index (χ4v) is 6.31. The van der Waals surface area contributed by atoms with Crippen LogP contribution in [0, 0.1) is 0 Å². The van der Waals surface area contributed by atoms with Gasteiger partial charge in [0.2, 0.25) is 0 Å². The van der Waals surface area contributed by atoms with Crippen LogP contribution < -0.4 is 0 Å². The van der Waals surface area contributed by atoms with Crippen LogP contribution in [0.15, 0.2) is 121 Å². The molecule has 0 bridgehead atoms. The molecule has 0 aliphatic carbocycles. The smallest absolute Gasteiger partial charge is 0.187 e. The summed E-state index contributed by atoms with van der Waals surface area (Å²) in [5.41, 5.74) is 4.54. The van der Waals surface area contributed by atoms with Crippen molar-refractivity contribution in [3.8, 4) is 0 Å². The number of hydrogen-bond acceptors (Lipinski definition) is 6. The van der Waals surface area contributed by atoms with Crippen molar-refractivity contribution in [2.45, 2.75) is 62.9 Å². The van der Waals surface area contributed by atoms with Crippen molar-refractivity contribution in [1.82, 2.24) is 4.90 Å². The van der Waals surface area contributed by atoms with E-state index in [9.17, 15) is 0 Å². The number of methoxy groups -OCH3 is 1. The largest absolute Gasteiger partial charge is 0.369 e. The Hall–Kier alpha value is -3.36. The second-order valence-electron chi connectivity index (χ2n) is 11.3. The van der Waals surface area contributed by atoms with Crippen LogP contribution in [0.2, 0.25) is 0 Å². The summed E-state index contributed by atoms with van der Waals surface area (Å²) in [5.74, 6) is -0.852. The highest BCUT2D eigenvalue weighted by Gasteiger charge is 2.58. The SMILES string of the molecule is CO[C@]12CCN(Cc3ccccc3)[C@H]1[C@H](OCc1ccccc1)[C@@H](OCc1ccccc1)[C@H](OCc1ccccc1)CO2. The maximum absolute atomic E-state index is 6.93. The lowest BCUT2D eigenvalue weighted by Crippen LogP contribution is -2.58. The Morgan fingerprint density at radius 1 is 0.628 bits per heavy atom. The van der Waals surface area contributed by atoms with Gasteiger partial charge in [0.15, 0.2) is 5.79 Å². The summed E-state index contributed by atoms with van der Waals surface area (Å²) >= 11 is 0. The number of likely N-dealkylation sites (tertiary alicyclic amines) is 1. The van der Waals surface area contributed by atoms with Gasteiger partial charge in [0, 0.05) is 26.6 Å². The third kappa shape index (κ3) is 7.24. The molecule has 0 amide bonds. The quantitative estimate of drug-likeness (QED) is 0.194. The van der Waals surface area contributed by atoms with Crippen molar-refractivity contribution in [2.24, 2.45) is 0 Å². The fraction of sp³-hybridized carbons (Fsp3) is 0.351. The molecular weight excluding hydrogens is 538 g/mol. The summed E-state index contributed by atoms with van der Waals surface area (Å²) in [6.45, 7) is 3.24. The molecular formula is C37H41NO5. The number of rotatable bonds is 12. The Labute approximate surface area is 255 Å². The van der Waals surface area contributed by atoms with E-state index in [-0.39, 0.29) is 12.1 Å². The third-order valence-corrected chi connectivity index (χ3v) is 8.54. The minimum Gasteiger partial charge on any atom is -0.369 e.